The summed E-state index contributed by atoms with van der Waals surface area (Å²) in [6.07, 6.45) is 0.981. The fourth-order valence-corrected chi connectivity index (χ4v) is 1.34. The number of halogens is 1. The van der Waals surface area contributed by atoms with Crippen LogP contribution in [0.4, 0.5) is 0 Å². The van der Waals surface area contributed by atoms with Crippen LogP contribution in [0.3, 0.4) is 0 Å². The number of alkyl halides is 1. The van der Waals surface area contributed by atoms with Crippen molar-refractivity contribution in [3.63, 3.8) is 0 Å². The number of carbonyl (C=O) groups is 1. The number of carbonyl (C=O) groups excluding carboxylic acids is 1. The Morgan fingerprint density at radius 2 is 2.00 bits per heavy atom. The summed E-state index contributed by atoms with van der Waals surface area (Å²) >= 11 is 3.34. The summed E-state index contributed by atoms with van der Waals surface area (Å²) in [6.45, 7) is 2.42. The Kier molecular flexibility index (Phi) is 5.93. The van der Waals surface area contributed by atoms with Crippen molar-refractivity contribution >= 4 is 21.9 Å². The predicted molar refractivity (Wildman–Crippen MR) is 65.8 cm³/mol. The second-order valence-electron chi connectivity index (χ2n) is 3.32. The Morgan fingerprint density at radius 3 is 2.56 bits per heavy atom. The van der Waals surface area contributed by atoms with Crippen LogP contribution in [0.2, 0.25) is 0 Å². The molecule has 0 saturated carbocycles. The van der Waals surface area contributed by atoms with Gasteiger partial charge in [-0.2, -0.15) is 0 Å². The number of benzene rings is 1. The molecule has 0 spiro atoms. The van der Waals surface area contributed by atoms with E-state index in [0.717, 1.165) is 23.1 Å². The van der Waals surface area contributed by atoms with Crippen molar-refractivity contribution in [1.29, 1.82) is 0 Å². The minimum absolute atomic E-state index is 0.266. The molecule has 1 rings (SSSR count). The SMILES string of the molecule is CC(=O)OCc1ccc(OCCCBr)cc1. The molecule has 0 amide bonds. The average molecular weight is 287 g/mol. The summed E-state index contributed by atoms with van der Waals surface area (Å²) in [5, 5.41) is 0.942. The zero-order valence-electron chi connectivity index (χ0n) is 9.24. The van der Waals surface area contributed by atoms with E-state index in [1.807, 2.05) is 24.3 Å². The summed E-state index contributed by atoms with van der Waals surface area (Å²) in [5.74, 6) is 0.574. The van der Waals surface area contributed by atoms with Crippen LogP contribution in [0.15, 0.2) is 24.3 Å². The quantitative estimate of drug-likeness (QED) is 0.458. The molecule has 88 valence electrons. The van der Waals surface area contributed by atoms with E-state index in [9.17, 15) is 4.79 Å². The van der Waals surface area contributed by atoms with Crippen LogP contribution in [-0.2, 0) is 16.1 Å². The van der Waals surface area contributed by atoms with Crippen LogP contribution in [0.1, 0.15) is 18.9 Å². The Morgan fingerprint density at radius 1 is 1.31 bits per heavy atom. The molecule has 4 heteroatoms. The fourth-order valence-electron chi connectivity index (χ4n) is 1.11. The molecule has 1 aromatic carbocycles. The van der Waals surface area contributed by atoms with Gasteiger partial charge in [0.1, 0.15) is 12.4 Å². The van der Waals surface area contributed by atoms with Gasteiger partial charge in [-0.25, -0.2) is 0 Å². The first-order valence-corrected chi connectivity index (χ1v) is 6.25. The first-order valence-electron chi connectivity index (χ1n) is 5.13. The fraction of sp³-hybridized carbons (Fsp3) is 0.417. The van der Waals surface area contributed by atoms with E-state index in [1.165, 1.54) is 6.92 Å². The lowest BCUT2D eigenvalue weighted by Gasteiger charge is -2.06. The smallest absolute Gasteiger partial charge is 0.302 e. The number of ether oxygens (including phenoxy) is 2. The maximum atomic E-state index is 10.6. The van der Waals surface area contributed by atoms with Gasteiger partial charge in [0.25, 0.3) is 0 Å². The highest BCUT2D eigenvalue weighted by Gasteiger charge is 1.97. The van der Waals surface area contributed by atoms with Crippen molar-refractivity contribution in [3.05, 3.63) is 29.8 Å². The largest absolute Gasteiger partial charge is 0.494 e. The highest BCUT2D eigenvalue weighted by Crippen LogP contribution is 2.13. The highest BCUT2D eigenvalue weighted by molar-refractivity contribution is 9.09. The molecule has 0 bridgehead atoms. The Hall–Kier alpha value is -1.03. The highest BCUT2D eigenvalue weighted by atomic mass is 79.9. The molecule has 0 atom stereocenters. The first kappa shape index (κ1) is 13.0. The van der Waals surface area contributed by atoms with Crippen molar-refractivity contribution in [2.45, 2.75) is 20.0 Å². The average Bonchev–Trinajstić information content (AvgIpc) is 2.28. The Balaban J connectivity index is 2.38. The summed E-state index contributed by atoms with van der Waals surface area (Å²) in [7, 11) is 0. The van der Waals surface area contributed by atoms with Gasteiger partial charge in [-0.05, 0) is 24.1 Å². The number of hydrogen-bond donors (Lipinski definition) is 0. The van der Waals surface area contributed by atoms with Crippen molar-refractivity contribution in [2.24, 2.45) is 0 Å². The zero-order chi connectivity index (χ0) is 11.8. The predicted octanol–water partition coefficient (Wildman–Crippen LogP) is 2.91. The van der Waals surface area contributed by atoms with E-state index in [0.29, 0.717) is 13.2 Å². The number of esters is 1. The van der Waals surface area contributed by atoms with Crippen LogP contribution < -0.4 is 4.74 Å². The van der Waals surface area contributed by atoms with Gasteiger partial charge in [0.15, 0.2) is 0 Å². The van der Waals surface area contributed by atoms with Crippen molar-refractivity contribution in [2.75, 3.05) is 11.9 Å². The van der Waals surface area contributed by atoms with E-state index >= 15 is 0 Å². The normalized spacial score (nSPS) is 9.88. The maximum Gasteiger partial charge on any atom is 0.302 e. The van der Waals surface area contributed by atoms with Crippen molar-refractivity contribution in [1.82, 2.24) is 0 Å². The minimum atomic E-state index is -0.266. The molecular weight excluding hydrogens is 272 g/mol. The monoisotopic (exact) mass is 286 g/mol. The van der Waals surface area contributed by atoms with Gasteiger partial charge in [-0.1, -0.05) is 28.1 Å². The van der Waals surface area contributed by atoms with E-state index in [4.69, 9.17) is 9.47 Å². The summed E-state index contributed by atoms with van der Waals surface area (Å²) in [6, 6.07) is 7.55. The van der Waals surface area contributed by atoms with Gasteiger partial charge < -0.3 is 9.47 Å². The third-order valence-corrected chi connectivity index (χ3v) is 2.47. The van der Waals surface area contributed by atoms with E-state index in [-0.39, 0.29) is 5.97 Å². The summed E-state index contributed by atoms with van der Waals surface area (Å²) in [4.78, 5) is 10.6. The molecule has 0 saturated heterocycles. The lowest BCUT2D eigenvalue weighted by molar-refractivity contribution is -0.142. The van der Waals surface area contributed by atoms with E-state index in [1.54, 1.807) is 0 Å². The van der Waals surface area contributed by atoms with Gasteiger partial charge in [-0.15, -0.1) is 0 Å². The van der Waals surface area contributed by atoms with Gasteiger partial charge in [-0.3, -0.25) is 4.79 Å². The topological polar surface area (TPSA) is 35.5 Å². The lowest BCUT2D eigenvalue weighted by Crippen LogP contribution is -2.00. The van der Waals surface area contributed by atoms with Crippen LogP contribution in [-0.4, -0.2) is 17.9 Å². The molecule has 0 unspecified atom stereocenters. The number of rotatable bonds is 6. The minimum Gasteiger partial charge on any atom is -0.494 e. The third kappa shape index (κ3) is 5.16. The van der Waals surface area contributed by atoms with Crippen molar-refractivity contribution < 1.29 is 14.3 Å². The van der Waals surface area contributed by atoms with Crippen LogP contribution in [0.5, 0.6) is 5.75 Å². The molecule has 3 nitrogen and oxygen atoms in total. The lowest BCUT2D eigenvalue weighted by atomic mass is 10.2. The van der Waals surface area contributed by atoms with Crippen LogP contribution in [0.25, 0.3) is 0 Å². The number of hydrogen-bond acceptors (Lipinski definition) is 3. The zero-order valence-corrected chi connectivity index (χ0v) is 10.8. The standard InChI is InChI=1S/C12H15BrO3/c1-10(14)16-9-11-3-5-12(6-4-11)15-8-2-7-13/h3-6H,2,7-9H2,1H3. The summed E-state index contributed by atoms with van der Waals surface area (Å²) in [5.41, 5.74) is 0.961. The van der Waals surface area contributed by atoms with Gasteiger partial charge in [0.05, 0.1) is 6.61 Å². The van der Waals surface area contributed by atoms with Gasteiger partial charge in [0.2, 0.25) is 0 Å². The van der Waals surface area contributed by atoms with E-state index < -0.39 is 0 Å². The van der Waals surface area contributed by atoms with Gasteiger partial charge >= 0.3 is 5.97 Å². The molecule has 0 radical (unpaired) electrons. The molecule has 0 aliphatic rings. The molecule has 0 fully saturated rings. The summed E-state index contributed by atoms with van der Waals surface area (Å²) < 4.78 is 10.4. The molecule has 16 heavy (non-hydrogen) atoms. The third-order valence-electron chi connectivity index (χ3n) is 1.91. The van der Waals surface area contributed by atoms with Crippen LogP contribution >= 0.6 is 15.9 Å². The van der Waals surface area contributed by atoms with E-state index in [2.05, 4.69) is 15.9 Å². The molecule has 0 aliphatic heterocycles. The molecule has 0 N–H and O–H groups in total. The van der Waals surface area contributed by atoms with Gasteiger partial charge in [0, 0.05) is 12.3 Å². The maximum absolute atomic E-state index is 10.6. The Labute approximate surface area is 104 Å². The molecular formula is C12H15BrO3. The second kappa shape index (κ2) is 7.28. The molecule has 1 aromatic rings. The molecule has 0 heterocycles. The Bertz CT molecular complexity index is 322. The second-order valence-corrected chi connectivity index (χ2v) is 4.11. The van der Waals surface area contributed by atoms with Crippen molar-refractivity contribution in [3.8, 4) is 5.75 Å². The molecule has 0 aromatic heterocycles. The molecule has 0 aliphatic carbocycles. The first-order chi connectivity index (χ1) is 7.72. The van der Waals surface area contributed by atoms with Crippen LogP contribution in [0, 0.1) is 0 Å².